The van der Waals surface area contributed by atoms with Gasteiger partial charge in [0, 0.05) is 18.0 Å². The second-order valence-corrected chi connectivity index (χ2v) is 5.86. The second-order valence-electron chi connectivity index (χ2n) is 4.86. The molecule has 0 saturated carbocycles. The third-order valence-electron chi connectivity index (χ3n) is 3.57. The number of hydrogen-bond acceptors (Lipinski definition) is 3. The first-order chi connectivity index (χ1) is 8.09. The summed E-state index contributed by atoms with van der Waals surface area (Å²) in [5.41, 5.74) is 1.28. The molecule has 2 rings (SSSR count). The molecular weight excluding hydrogens is 232 g/mol. The molecule has 1 aromatic rings. The number of rotatable bonds is 3. The van der Waals surface area contributed by atoms with Crippen LogP contribution >= 0.6 is 11.3 Å². The third kappa shape index (κ3) is 2.69. The second kappa shape index (κ2) is 5.19. The van der Waals surface area contributed by atoms with Gasteiger partial charge in [0.25, 0.3) is 0 Å². The molecule has 0 aliphatic carbocycles. The summed E-state index contributed by atoms with van der Waals surface area (Å²) in [6, 6.07) is 2.42. The Bertz CT molecular complexity index is 402. The molecule has 0 aromatic carbocycles. The molecule has 1 aliphatic rings. The molecule has 17 heavy (non-hydrogen) atoms. The first kappa shape index (κ1) is 12.6. The van der Waals surface area contributed by atoms with Crippen molar-refractivity contribution in [3.05, 3.63) is 21.9 Å². The number of hydrogen-bond donors (Lipinski definition) is 1. The van der Waals surface area contributed by atoms with E-state index in [4.69, 9.17) is 0 Å². The van der Waals surface area contributed by atoms with Gasteiger partial charge in [-0.1, -0.05) is 0 Å². The largest absolute Gasteiger partial charge is 0.340 e. The van der Waals surface area contributed by atoms with Gasteiger partial charge in [-0.25, -0.2) is 0 Å². The molecule has 1 N–H and O–H groups in total. The highest BCUT2D eigenvalue weighted by atomic mass is 32.1. The lowest BCUT2D eigenvalue weighted by Crippen LogP contribution is -2.37. The van der Waals surface area contributed by atoms with Crippen molar-refractivity contribution in [2.45, 2.75) is 32.9 Å². The zero-order chi connectivity index (χ0) is 12.4. The molecule has 1 saturated heterocycles. The highest BCUT2D eigenvalue weighted by Crippen LogP contribution is 2.21. The van der Waals surface area contributed by atoms with Gasteiger partial charge in [0.2, 0.25) is 5.91 Å². The van der Waals surface area contributed by atoms with Gasteiger partial charge in [0.15, 0.2) is 0 Å². The highest BCUT2D eigenvalue weighted by Gasteiger charge is 2.31. The van der Waals surface area contributed by atoms with Crippen LogP contribution in [-0.4, -0.2) is 30.4 Å². The normalized spacial score (nSPS) is 23.9. The third-order valence-corrected chi connectivity index (χ3v) is 4.58. The van der Waals surface area contributed by atoms with E-state index in [2.05, 4.69) is 30.6 Å². The SMILES string of the molecule is Cc1ccsc1CN(C)C(=O)C1CCNC1C. The number of nitrogens with one attached hydrogen (secondary N) is 1. The highest BCUT2D eigenvalue weighted by molar-refractivity contribution is 7.10. The van der Waals surface area contributed by atoms with Crippen molar-refractivity contribution in [1.29, 1.82) is 0 Å². The number of aryl methyl sites for hydroxylation is 1. The molecule has 1 amide bonds. The van der Waals surface area contributed by atoms with Gasteiger partial charge < -0.3 is 10.2 Å². The maximum atomic E-state index is 12.3. The van der Waals surface area contributed by atoms with Gasteiger partial charge in [0.05, 0.1) is 12.5 Å². The van der Waals surface area contributed by atoms with E-state index in [0.717, 1.165) is 19.5 Å². The first-order valence-corrected chi connectivity index (χ1v) is 6.99. The lowest BCUT2D eigenvalue weighted by Gasteiger charge is -2.23. The average molecular weight is 252 g/mol. The molecule has 0 radical (unpaired) electrons. The van der Waals surface area contributed by atoms with E-state index < -0.39 is 0 Å². The van der Waals surface area contributed by atoms with Gasteiger partial charge >= 0.3 is 0 Å². The smallest absolute Gasteiger partial charge is 0.227 e. The van der Waals surface area contributed by atoms with E-state index in [0.29, 0.717) is 6.04 Å². The fourth-order valence-corrected chi connectivity index (χ4v) is 3.30. The molecule has 2 atom stereocenters. The van der Waals surface area contributed by atoms with Crippen LogP contribution < -0.4 is 5.32 Å². The Morgan fingerprint density at radius 1 is 1.65 bits per heavy atom. The fourth-order valence-electron chi connectivity index (χ4n) is 2.34. The number of amides is 1. The van der Waals surface area contributed by atoms with Crippen LogP contribution in [0, 0.1) is 12.8 Å². The van der Waals surface area contributed by atoms with Crippen LogP contribution in [0.15, 0.2) is 11.4 Å². The van der Waals surface area contributed by atoms with Gasteiger partial charge in [-0.15, -0.1) is 11.3 Å². The van der Waals surface area contributed by atoms with Crippen molar-refractivity contribution >= 4 is 17.2 Å². The van der Waals surface area contributed by atoms with Crippen molar-refractivity contribution in [2.75, 3.05) is 13.6 Å². The quantitative estimate of drug-likeness (QED) is 0.892. The fraction of sp³-hybridized carbons (Fsp3) is 0.615. The maximum Gasteiger partial charge on any atom is 0.227 e. The zero-order valence-electron chi connectivity index (χ0n) is 10.7. The van der Waals surface area contributed by atoms with Crippen LogP contribution in [-0.2, 0) is 11.3 Å². The minimum absolute atomic E-state index is 0.153. The van der Waals surface area contributed by atoms with Crippen molar-refractivity contribution in [2.24, 2.45) is 5.92 Å². The van der Waals surface area contributed by atoms with Crippen molar-refractivity contribution in [1.82, 2.24) is 10.2 Å². The van der Waals surface area contributed by atoms with E-state index in [1.165, 1.54) is 10.4 Å². The summed E-state index contributed by atoms with van der Waals surface area (Å²) < 4.78 is 0. The monoisotopic (exact) mass is 252 g/mol. The summed E-state index contributed by atoms with van der Waals surface area (Å²) in [5.74, 6) is 0.426. The van der Waals surface area contributed by atoms with Crippen LogP contribution in [0.3, 0.4) is 0 Å². The molecule has 0 bridgehead atoms. The summed E-state index contributed by atoms with van der Waals surface area (Å²) in [5, 5.41) is 5.42. The van der Waals surface area contributed by atoms with E-state index >= 15 is 0 Å². The zero-order valence-corrected chi connectivity index (χ0v) is 11.5. The Kier molecular flexibility index (Phi) is 3.84. The topological polar surface area (TPSA) is 32.3 Å². The Hall–Kier alpha value is -0.870. The number of carbonyl (C=O) groups excluding carboxylic acids is 1. The number of nitrogens with zero attached hydrogens (tertiary/aromatic N) is 1. The van der Waals surface area contributed by atoms with Gasteiger partial charge in [0.1, 0.15) is 0 Å². The standard InChI is InChI=1S/C13H20N2OS/c1-9-5-7-17-12(9)8-15(3)13(16)11-4-6-14-10(11)2/h5,7,10-11,14H,4,6,8H2,1-3H3. The van der Waals surface area contributed by atoms with Crippen molar-refractivity contribution < 1.29 is 4.79 Å². The van der Waals surface area contributed by atoms with Crippen LogP contribution in [0.2, 0.25) is 0 Å². The van der Waals surface area contributed by atoms with E-state index in [-0.39, 0.29) is 11.8 Å². The summed E-state index contributed by atoms with van der Waals surface area (Å²) in [6.07, 6.45) is 0.966. The summed E-state index contributed by atoms with van der Waals surface area (Å²) in [7, 11) is 1.91. The molecule has 1 aliphatic heterocycles. The van der Waals surface area contributed by atoms with E-state index in [1.54, 1.807) is 11.3 Å². The van der Waals surface area contributed by atoms with E-state index in [9.17, 15) is 4.79 Å². The maximum absolute atomic E-state index is 12.3. The number of thiophene rings is 1. The molecule has 4 heteroatoms. The van der Waals surface area contributed by atoms with Crippen LogP contribution in [0.25, 0.3) is 0 Å². The Morgan fingerprint density at radius 2 is 2.41 bits per heavy atom. The van der Waals surface area contributed by atoms with Gasteiger partial charge in [-0.2, -0.15) is 0 Å². The average Bonchev–Trinajstić information content (AvgIpc) is 2.88. The molecule has 1 aromatic heterocycles. The molecular formula is C13H20N2OS. The van der Waals surface area contributed by atoms with Crippen LogP contribution in [0.5, 0.6) is 0 Å². The minimum Gasteiger partial charge on any atom is -0.340 e. The molecule has 0 spiro atoms. The van der Waals surface area contributed by atoms with Crippen molar-refractivity contribution in [3.63, 3.8) is 0 Å². The van der Waals surface area contributed by atoms with Gasteiger partial charge in [-0.05, 0) is 43.8 Å². The number of carbonyl (C=O) groups is 1. The summed E-state index contributed by atoms with van der Waals surface area (Å²) in [6.45, 7) is 5.90. The minimum atomic E-state index is 0.153. The molecule has 2 heterocycles. The Balaban J connectivity index is 1.98. The predicted molar refractivity (Wildman–Crippen MR) is 71.1 cm³/mol. The Morgan fingerprint density at radius 3 is 2.94 bits per heavy atom. The summed E-state index contributed by atoms with van der Waals surface area (Å²) in [4.78, 5) is 15.4. The van der Waals surface area contributed by atoms with Gasteiger partial charge in [-0.3, -0.25) is 4.79 Å². The molecule has 94 valence electrons. The van der Waals surface area contributed by atoms with Crippen LogP contribution in [0.1, 0.15) is 23.8 Å². The lowest BCUT2D eigenvalue weighted by atomic mass is 10.0. The summed E-state index contributed by atoms with van der Waals surface area (Å²) >= 11 is 1.73. The van der Waals surface area contributed by atoms with E-state index in [1.807, 2.05) is 11.9 Å². The predicted octanol–water partition coefficient (Wildman–Crippen LogP) is 2.01. The lowest BCUT2D eigenvalue weighted by molar-refractivity contribution is -0.134. The van der Waals surface area contributed by atoms with Crippen molar-refractivity contribution in [3.8, 4) is 0 Å². The molecule has 1 fully saturated rings. The molecule has 2 unspecified atom stereocenters. The Labute approximate surface area is 107 Å². The first-order valence-electron chi connectivity index (χ1n) is 6.11. The molecule has 3 nitrogen and oxygen atoms in total. The van der Waals surface area contributed by atoms with Crippen LogP contribution in [0.4, 0.5) is 0 Å².